The molecule has 0 aromatic rings. The zero-order valence-electron chi connectivity index (χ0n) is 26.1. The molecule has 41 heavy (non-hydrogen) atoms. The largest absolute Gasteiger partial charge is 1.00 e. The van der Waals surface area contributed by atoms with Crippen LogP contribution in [0.2, 0.25) is 0 Å². The predicted octanol–water partition coefficient (Wildman–Crippen LogP) is 6.26. The third-order valence-electron chi connectivity index (χ3n) is 8.59. The molecule has 234 valence electrons. The molecule has 3 atom stereocenters. The van der Waals surface area contributed by atoms with E-state index in [4.69, 9.17) is 4.74 Å². The SMILES string of the molecule is CCCCCCCCCCCCCCCCCCOC(=O)/C=C/C(=O)[O-].FC(F)(F)C1CCCC2CCCCC21.[Na+]. The van der Waals surface area contributed by atoms with Crippen molar-refractivity contribution >= 4 is 11.9 Å². The second-order valence-corrected chi connectivity index (χ2v) is 11.9. The van der Waals surface area contributed by atoms with E-state index in [0.717, 1.165) is 57.4 Å². The molecule has 4 nitrogen and oxygen atoms in total. The zero-order chi connectivity index (χ0) is 29.5. The van der Waals surface area contributed by atoms with Crippen LogP contribution in [0.15, 0.2) is 12.2 Å². The van der Waals surface area contributed by atoms with Crippen LogP contribution in [-0.4, -0.2) is 24.7 Å². The molecular weight excluding hydrogens is 540 g/mol. The van der Waals surface area contributed by atoms with Gasteiger partial charge in [0, 0.05) is 6.08 Å². The van der Waals surface area contributed by atoms with E-state index in [2.05, 4.69) is 6.92 Å². The average molecular weight is 597 g/mol. The van der Waals surface area contributed by atoms with Crippen LogP contribution in [0.3, 0.4) is 0 Å². The number of unbranched alkanes of at least 4 members (excludes halogenated alkanes) is 15. The first-order chi connectivity index (χ1) is 19.3. The number of ether oxygens (including phenoxy) is 1. The Morgan fingerprint density at radius 1 is 0.707 bits per heavy atom. The Kier molecular flexibility index (Phi) is 25.6. The van der Waals surface area contributed by atoms with Gasteiger partial charge >= 0.3 is 41.7 Å². The third-order valence-corrected chi connectivity index (χ3v) is 8.59. The summed E-state index contributed by atoms with van der Waals surface area (Å²) in [7, 11) is 0. The van der Waals surface area contributed by atoms with Gasteiger partial charge in [0.25, 0.3) is 0 Å². The number of carbonyl (C=O) groups is 2. The first kappa shape index (κ1) is 40.5. The van der Waals surface area contributed by atoms with E-state index >= 15 is 0 Å². The second kappa shape index (κ2) is 25.9. The van der Waals surface area contributed by atoms with Gasteiger partial charge in [-0.05, 0) is 37.2 Å². The summed E-state index contributed by atoms with van der Waals surface area (Å²) in [6.07, 6.45) is 24.7. The molecule has 8 heteroatoms. The van der Waals surface area contributed by atoms with Gasteiger partial charge in [0.2, 0.25) is 0 Å². The summed E-state index contributed by atoms with van der Waals surface area (Å²) >= 11 is 0. The standard InChI is InChI=1S/C22H40O4.C11H17F3.Na/c1-2-3-4-5-6-7-8-9-10-11-12-13-14-15-16-17-20-26-22(25)19-18-21(23)24;12-11(13,14)10-7-3-5-8-4-1-2-6-9(8)10;/h18-19H,2-17,20H2,1H3,(H,23,24);8-10H,1-7H2;/q;;+1/p-1/b19-18+;;. The molecule has 2 aliphatic carbocycles. The molecule has 0 aromatic heterocycles. The van der Waals surface area contributed by atoms with Gasteiger partial charge in [-0.2, -0.15) is 13.2 Å². The molecule has 2 saturated carbocycles. The van der Waals surface area contributed by atoms with Crippen LogP contribution in [0.4, 0.5) is 13.2 Å². The summed E-state index contributed by atoms with van der Waals surface area (Å²) in [4.78, 5) is 21.2. The maximum Gasteiger partial charge on any atom is 1.00 e. The van der Waals surface area contributed by atoms with Crippen molar-refractivity contribution in [2.45, 2.75) is 161 Å². The Labute approximate surface area is 270 Å². The number of esters is 1. The topological polar surface area (TPSA) is 66.4 Å². The molecule has 0 saturated heterocycles. The third kappa shape index (κ3) is 21.8. The predicted molar refractivity (Wildman–Crippen MR) is 153 cm³/mol. The van der Waals surface area contributed by atoms with Gasteiger partial charge in [-0.3, -0.25) is 0 Å². The summed E-state index contributed by atoms with van der Waals surface area (Å²) in [6, 6.07) is 0. The van der Waals surface area contributed by atoms with Gasteiger partial charge in [0.05, 0.1) is 18.5 Å². The van der Waals surface area contributed by atoms with Crippen LogP contribution < -0.4 is 34.7 Å². The van der Waals surface area contributed by atoms with Gasteiger partial charge < -0.3 is 14.6 Å². The smallest absolute Gasteiger partial charge is 0.545 e. The van der Waals surface area contributed by atoms with Gasteiger partial charge in [-0.25, -0.2) is 4.79 Å². The molecule has 0 amide bonds. The molecule has 2 rings (SSSR count). The van der Waals surface area contributed by atoms with Gasteiger partial charge in [0.15, 0.2) is 0 Å². The molecule has 0 heterocycles. The molecular formula is C33H56F3NaO4. The van der Waals surface area contributed by atoms with Crippen LogP contribution in [0.1, 0.15) is 155 Å². The number of halogens is 3. The van der Waals surface area contributed by atoms with E-state index in [9.17, 15) is 27.9 Å². The van der Waals surface area contributed by atoms with Crippen LogP contribution >= 0.6 is 0 Å². The summed E-state index contributed by atoms with van der Waals surface area (Å²) < 4.78 is 43.0. The maximum atomic E-state index is 12.7. The van der Waals surface area contributed by atoms with Gasteiger partial charge in [0.1, 0.15) is 0 Å². The number of carboxylic acid groups (broad SMARTS) is 1. The van der Waals surface area contributed by atoms with Crippen molar-refractivity contribution in [3.05, 3.63) is 12.2 Å². The first-order valence-electron chi connectivity index (χ1n) is 16.4. The minimum atomic E-state index is -3.94. The zero-order valence-corrected chi connectivity index (χ0v) is 28.1. The summed E-state index contributed by atoms with van der Waals surface area (Å²) in [6.45, 7) is 2.62. The van der Waals surface area contributed by atoms with Crippen LogP contribution in [0.25, 0.3) is 0 Å². The molecule has 2 fully saturated rings. The van der Waals surface area contributed by atoms with E-state index < -0.39 is 24.0 Å². The fraction of sp³-hybridized carbons (Fsp3) is 0.879. The number of hydrogen-bond donors (Lipinski definition) is 0. The quantitative estimate of drug-likeness (QED) is 0.0765. The van der Waals surface area contributed by atoms with Crippen molar-refractivity contribution in [2.75, 3.05) is 6.61 Å². The summed E-state index contributed by atoms with van der Waals surface area (Å²) in [5, 5.41) is 10.1. The van der Waals surface area contributed by atoms with Crippen LogP contribution in [-0.2, 0) is 14.3 Å². The molecule has 2 aliphatic rings. The number of hydrogen-bond acceptors (Lipinski definition) is 4. The van der Waals surface area contributed by atoms with E-state index in [1.54, 1.807) is 0 Å². The number of aliphatic carboxylic acids is 1. The number of carboxylic acids is 1. The van der Waals surface area contributed by atoms with Crippen LogP contribution in [0, 0.1) is 17.8 Å². The Morgan fingerprint density at radius 2 is 1.17 bits per heavy atom. The number of fused-ring (bicyclic) bond motifs is 1. The molecule has 0 aromatic carbocycles. The Balaban J connectivity index is 0.000000889. The minimum Gasteiger partial charge on any atom is -0.545 e. The molecule has 0 radical (unpaired) electrons. The van der Waals surface area contributed by atoms with Crippen molar-refractivity contribution in [1.82, 2.24) is 0 Å². The van der Waals surface area contributed by atoms with Crippen molar-refractivity contribution in [1.29, 1.82) is 0 Å². The fourth-order valence-electron chi connectivity index (χ4n) is 6.35. The fourth-order valence-corrected chi connectivity index (χ4v) is 6.35. The van der Waals surface area contributed by atoms with Gasteiger partial charge in [-0.1, -0.05) is 135 Å². The number of rotatable bonds is 19. The Bertz CT molecular complexity index is 682. The Hall–Kier alpha value is -0.530. The number of alkyl halides is 3. The minimum absolute atomic E-state index is 0. The van der Waals surface area contributed by atoms with Crippen molar-refractivity contribution in [3.63, 3.8) is 0 Å². The Morgan fingerprint density at radius 3 is 1.66 bits per heavy atom. The first-order valence-corrected chi connectivity index (χ1v) is 16.4. The molecule has 3 unspecified atom stereocenters. The van der Waals surface area contributed by atoms with Crippen LogP contribution in [0.5, 0.6) is 0 Å². The molecule has 0 N–H and O–H groups in total. The van der Waals surface area contributed by atoms with Crippen molar-refractivity contribution in [2.24, 2.45) is 17.8 Å². The maximum absolute atomic E-state index is 12.7. The molecule has 0 bridgehead atoms. The second-order valence-electron chi connectivity index (χ2n) is 11.9. The van der Waals surface area contributed by atoms with Gasteiger partial charge in [-0.15, -0.1) is 0 Å². The van der Waals surface area contributed by atoms with E-state index in [1.807, 2.05) is 0 Å². The van der Waals surface area contributed by atoms with E-state index in [-0.39, 0.29) is 35.5 Å². The average Bonchev–Trinajstić information content (AvgIpc) is 2.93. The normalized spacial score (nSPS) is 20.4. The molecule has 0 spiro atoms. The summed E-state index contributed by atoms with van der Waals surface area (Å²) in [5.74, 6) is -2.65. The van der Waals surface area contributed by atoms with E-state index in [1.165, 1.54) is 89.9 Å². The number of carbonyl (C=O) groups excluding carboxylic acids is 2. The summed E-state index contributed by atoms with van der Waals surface area (Å²) in [5.41, 5.74) is 0. The van der Waals surface area contributed by atoms with Crippen molar-refractivity contribution in [3.8, 4) is 0 Å². The van der Waals surface area contributed by atoms with E-state index in [0.29, 0.717) is 25.0 Å². The monoisotopic (exact) mass is 596 g/mol. The van der Waals surface area contributed by atoms with Crippen molar-refractivity contribution < 1.29 is 62.2 Å². The molecule has 0 aliphatic heterocycles.